The summed E-state index contributed by atoms with van der Waals surface area (Å²) in [6.07, 6.45) is 3.35. The maximum absolute atomic E-state index is 12.4. The molecule has 2 N–H and O–H groups in total. The molecular formula is C14H27N3O3S. The number of aryl methyl sites for hydroxylation is 1. The highest BCUT2D eigenvalue weighted by Gasteiger charge is 2.21. The predicted molar refractivity (Wildman–Crippen MR) is 83.8 cm³/mol. The standard InChI is InChI=1S/C14H27N3O3S/c1-5-7-17-10-14(8-13(17)9-15-3)21(18,19)16-12(6-2)11-20-4/h8,10,12,15-16H,5-7,9,11H2,1-4H3. The Balaban J connectivity index is 2.99. The summed E-state index contributed by atoms with van der Waals surface area (Å²) in [4.78, 5) is 0.316. The van der Waals surface area contributed by atoms with Crippen molar-refractivity contribution in [3.05, 3.63) is 18.0 Å². The number of nitrogens with zero attached hydrogens (tertiary/aromatic N) is 1. The minimum atomic E-state index is -3.51. The van der Waals surface area contributed by atoms with E-state index < -0.39 is 10.0 Å². The fourth-order valence-electron chi connectivity index (χ4n) is 2.17. The Kier molecular flexibility index (Phi) is 7.37. The minimum absolute atomic E-state index is 0.206. The summed E-state index contributed by atoms with van der Waals surface area (Å²) in [5.41, 5.74) is 0.972. The first-order valence-corrected chi connectivity index (χ1v) is 8.81. The fraction of sp³-hybridized carbons (Fsp3) is 0.714. The molecular weight excluding hydrogens is 290 g/mol. The molecule has 0 aliphatic carbocycles. The van der Waals surface area contributed by atoms with Crippen LogP contribution in [0.4, 0.5) is 0 Å². The molecule has 1 aromatic heterocycles. The molecule has 7 heteroatoms. The molecule has 0 saturated carbocycles. The normalized spacial score (nSPS) is 13.5. The highest BCUT2D eigenvalue weighted by atomic mass is 32.2. The highest BCUT2D eigenvalue weighted by Crippen LogP contribution is 2.16. The van der Waals surface area contributed by atoms with Crippen molar-refractivity contribution < 1.29 is 13.2 Å². The van der Waals surface area contributed by atoms with Crippen LogP contribution < -0.4 is 10.0 Å². The largest absolute Gasteiger partial charge is 0.383 e. The van der Waals surface area contributed by atoms with Gasteiger partial charge in [-0.1, -0.05) is 13.8 Å². The van der Waals surface area contributed by atoms with Crippen LogP contribution in [0.1, 0.15) is 32.4 Å². The summed E-state index contributed by atoms with van der Waals surface area (Å²) in [6.45, 7) is 5.82. The van der Waals surface area contributed by atoms with Gasteiger partial charge in [-0.05, 0) is 26.0 Å². The molecule has 122 valence electrons. The van der Waals surface area contributed by atoms with Crippen LogP contribution in [0.5, 0.6) is 0 Å². The number of nitrogens with one attached hydrogen (secondary N) is 2. The van der Waals surface area contributed by atoms with E-state index >= 15 is 0 Å². The molecule has 1 heterocycles. The zero-order valence-electron chi connectivity index (χ0n) is 13.3. The van der Waals surface area contributed by atoms with E-state index in [2.05, 4.69) is 17.0 Å². The van der Waals surface area contributed by atoms with Gasteiger partial charge in [0.15, 0.2) is 0 Å². The van der Waals surface area contributed by atoms with Crippen molar-refractivity contribution in [1.29, 1.82) is 0 Å². The van der Waals surface area contributed by atoms with Gasteiger partial charge in [-0.15, -0.1) is 0 Å². The molecule has 21 heavy (non-hydrogen) atoms. The molecule has 0 amide bonds. The van der Waals surface area contributed by atoms with Crippen molar-refractivity contribution in [2.24, 2.45) is 0 Å². The molecule has 0 fully saturated rings. The zero-order valence-corrected chi connectivity index (χ0v) is 14.2. The lowest BCUT2D eigenvalue weighted by molar-refractivity contribution is 0.173. The van der Waals surface area contributed by atoms with E-state index in [0.29, 0.717) is 24.5 Å². The molecule has 0 aliphatic heterocycles. The van der Waals surface area contributed by atoms with Crippen molar-refractivity contribution in [1.82, 2.24) is 14.6 Å². The summed E-state index contributed by atoms with van der Waals surface area (Å²) < 4.78 is 34.6. The summed E-state index contributed by atoms with van der Waals surface area (Å²) in [6, 6.07) is 1.52. The summed E-state index contributed by atoms with van der Waals surface area (Å²) in [7, 11) is -0.0929. The van der Waals surface area contributed by atoms with E-state index in [0.717, 1.165) is 18.7 Å². The van der Waals surface area contributed by atoms with Crippen LogP contribution in [0, 0.1) is 0 Å². The first-order chi connectivity index (χ1) is 9.98. The van der Waals surface area contributed by atoms with E-state index in [9.17, 15) is 8.42 Å². The number of methoxy groups -OCH3 is 1. The predicted octanol–water partition coefficient (Wildman–Crippen LogP) is 1.32. The highest BCUT2D eigenvalue weighted by molar-refractivity contribution is 7.89. The van der Waals surface area contributed by atoms with Crippen molar-refractivity contribution in [3.8, 4) is 0 Å². The second kappa shape index (κ2) is 8.53. The number of rotatable bonds is 10. The lowest BCUT2D eigenvalue weighted by atomic mass is 10.3. The number of sulfonamides is 1. The van der Waals surface area contributed by atoms with Gasteiger partial charge in [0, 0.05) is 38.1 Å². The second-order valence-electron chi connectivity index (χ2n) is 5.07. The maximum Gasteiger partial charge on any atom is 0.242 e. The Hall–Kier alpha value is -0.890. The van der Waals surface area contributed by atoms with Crippen molar-refractivity contribution in [3.63, 3.8) is 0 Å². The molecule has 0 spiro atoms. The van der Waals surface area contributed by atoms with E-state index in [4.69, 9.17) is 4.74 Å². The maximum atomic E-state index is 12.4. The molecule has 0 bridgehead atoms. The zero-order chi connectivity index (χ0) is 15.9. The Morgan fingerprint density at radius 3 is 2.62 bits per heavy atom. The van der Waals surface area contributed by atoms with E-state index in [1.54, 1.807) is 19.4 Å². The third kappa shape index (κ3) is 5.10. The average Bonchev–Trinajstić information content (AvgIpc) is 2.83. The van der Waals surface area contributed by atoms with Gasteiger partial charge in [0.05, 0.1) is 11.5 Å². The summed E-state index contributed by atoms with van der Waals surface area (Å²) >= 11 is 0. The number of aromatic nitrogens is 1. The fourth-order valence-corrected chi connectivity index (χ4v) is 3.54. The molecule has 1 rings (SSSR count). The van der Waals surface area contributed by atoms with Crippen molar-refractivity contribution in [2.45, 2.75) is 50.7 Å². The molecule has 1 aromatic rings. The van der Waals surface area contributed by atoms with Crippen LogP contribution in [0.3, 0.4) is 0 Å². The van der Waals surface area contributed by atoms with Crippen LogP contribution in [0.2, 0.25) is 0 Å². The van der Waals surface area contributed by atoms with Crippen LogP contribution in [-0.4, -0.2) is 39.8 Å². The number of hydrogen-bond donors (Lipinski definition) is 2. The Morgan fingerprint density at radius 2 is 2.10 bits per heavy atom. The van der Waals surface area contributed by atoms with E-state index in [1.807, 2.05) is 18.5 Å². The lowest BCUT2D eigenvalue weighted by Crippen LogP contribution is -2.37. The van der Waals surface area contributed by atoms with Gasteiger partial charge in [-0.3, -0.25) is 0 Å². The van der Waals surface area contributed by atoms with Gasteiger partial charge >= 0.3 is 0 Å². The quantitative estimate of drug-likeness (QED) is 0.683. The first kappa shape index (κ1) is 18.2. The Labute approximate surface area is 127 Å². The van der Waals surface area contributed by atoms with Crippen LogP contribution in [0.15, 0.2) is 17.2 Å². The number of hydrogen-bond acceptors (Lipinski definition) is 4. The van der Waals surface area contributed by atoms with Gasteiger partial charge in [-0.2, -0.15) is 0 Å². The van der Waals surface area contributed by atoms with Crippen molar-refractivity contribution in [2.75, 3.05) is 20.8 Å². The molecule has 6 nitrogen and oxygen atoms in total. The van der Waals surface area contributed by atoms with Crippen molar-refractivity contribution >= 4 is 10.0 Å². The first-order valence-electron chi connectivity index (χ1n) is 7.33. The van der Waals surface area contributed by atoms with Gasteiger partial charge in [0.2, 0.25) is 10.0 Å². The SMILES string of the molecule is CCCn1cc(S(=O)(=O)NC(CC)COC)cc1CNC. The second-order valence-corrected chi connectivity index (χ2v) is 6.79. The Bertz CT molecular complexity index is 502. The van der Waals surface area contributed by atoms with Gasteiger partial charge in [-0.25, -0.2) is 13.1 Å². The molecule has 0 aliphatic rings. The van der Waals surface area contributed by atoms with Gasteiger partial charge in [0.1, 0.15) is 0 Å². The molecule has 0 radical (unpaired) electrons. The summed E-state index contributed by atoms with van der Waals surface area (Å²) in [5.74, 6) is 0. The summed E-state index contributed by atoms with van der Waals surface area (Å²) in [5, 5.41) is 3.06. The minimum Gasteiger partial charge on any atom is -0.383 e. The number of ether oxygens (including phenoxy) is 1. The van der Waals surface area contributed by atoms with Gasteiger partial charge in [0.25, 0.3) is 0 Å². The third-order valence-corrected chi connectivity index (χ3v) is 4.76. The lowest BCUT2D eigenvalue weighted by Gasteiger charge is -2.15. The molecule has 0 saturated heterocycles. The van der Waals surface area contributed by atoms with Crippen LogP contribution in [-0.2, 0) is 27.8 Å². The Morgan fingerprint density at radius 1 is 1.38 bits per heavy atom. The smallest absolute Gasteiger partial charge is 0.242 e. The molecule has 0 aromatic carbocycles. The topological polar surface area (TPSA) is 72.4 Å². The van der Waals surface area contributed by atoms with Crippen LogP contribution >= 0.6 is 0 Å². The molecule has 1 unspecified atom stereocenters. The monoisotopic (exact) mass is 317 g/mol. The van der Waals surface area contributed by atoms with E-state index in [-0.39, 0.29) is 6.04 Å². The third-order valence-electron chi connectivity index (χ3n) is 3.28. The van der Waals surface area contributed by atoms with Crippen LogP contribution in [0.25, 0.3) is 0 Å². The van der Waals surface area contributed by atoms with E-state index in [1.165, 1.54) is 0 Å². The van der Waals surface area contributed by atoms with Gasteiger partial charge < -0.3 is 14.6 Å². The average molecular weight is 317 g/mol. The molecule has 1 atom stereocenters.